The maximum atomic E-state index is 6.45. The Bertz CT molecular complexity index is 1180. The smallest absolute Gasteiger partial charge is 0.136 e. The number of hydrogen-bond acceptors (Lipinski definition) is 1. The molecule has 0 saturated heterocycles. The molecule has 4 aromatic rings. The van der Waals surface area contributed by atoms with Crippen molar-refractivity contribution in [2.75, 3.05) is 0 Å². The zero-order valence-corrected chi connectivity index (χ0v) is 16.7. The number of hydrogen-bond donors (Lipinski definition) is 0. The van der Waals surface area contributed by atoms with Gasteiger partial charge in [0.2, 0.25) is 0 Å². The van der Waals surface area contributed by atoms with Gasteiger partial charge >= 0.3 is 0 Å². The van der Waals surface area contributed by atoms with Gasteiger partial charge in [0.1, 0.15) is 11.5 Å². The zero-order valence-electron chi connectivity index (χ0n) is 15.1. The average Bonchev–Trinajstić information content (AvgIpc) is 2.76. The van der Waals surface area contributed by atoms with Gasteiger partial charge < -0.3 is 4.74 Å². The summed E-state index contributed by atoms with van der Waals surface area (Å²) in [7, 11) is 0. The van der Waals surface area contributed by atoms with Gasteiger partial charge in [0.15, 0.2) is 0 Å². The van der Waals surface area contributed by atoms with Crippen molar-refractivity contribution in [1.29, 1.82) is 0 Å². The van der Waals surface area contributed by atoms with E-state index in [-0.39, 0.29) is 0 Å². The minimum absolute atomic E-state index is 0.854. The van der Waals surface area contributed by atoms with E-state index in [1.807, 2.05) is 12.1 Å². The molecule has 134 valence electrons. The number of rotatable bonds is 2. The summed E-state index contributed by atoms with van der Waals surface area (Å²) in [4.78, 5) is 0. The van der Waals surface area contributed by atoms with Crippen LogP contribution in [0.5, 0.6) is 5.75 Å². The molecule has 0 aliphatic carbocycles. The molecule has 0 fully saturated rings. The number of allylic oxidation sites excluding steroid dienone is 1. The van der Waals surface area contributed by atoms with Gasteiger partial charge in [-0.25, -0.2) is 0 Å². The first kappa shape index (κ1) is 17.0. The Morgan fingerprint density at radius 3 is 1.86 bits per heavy atom. The highest BCUT2D eigenvalue weighted by Gasteiger charge is 2.19. The molecule has 0 saturated carbocycles. The van der Waals surface area contributed by atoms with Crippen LogP contribution in [0.15, 0.2) is 107 Å². The summed E-state index contributed by atoms with van der Waals surface area (Å²) in [5.74, 6) is 1.72. The predicted molar refractivity (Wildman–Crippen MR) is 120 cm³/mol. The first-order valence-electron chi connectivity index (χ1n) is 9.23. The lowest BCUT2D eigenvalue weighted by atomic mass is 9.95. The van der Waals surface area contributed by atoms with E-state index in [4.69, 9.17) is 4.74 Å². The van der Waals surface area contributed by atoms with Crippen molar-refractivity contribution in [2.24, 2.45) is 0 Å². The van der Waals surface area contributed by atoms with Gasteiger partial charge in [-0.05, 0) is 40.1 Å². The molecule has 0 radical (unpaired) electrons. The van der Waals surface area contributed by atoms with Crippen LogP contribution in [0.1, 0.15) is 16.7 Å². The summed E-state index contributed by atoms with van der Waals surface area (Å²) >= 11 is 3.70. The van der Waals surface area contributed by atoms with Crippen LogP contribution in [0.2, 0.25) is 0 Å². The van der Waals surface area contributed by atoms with Gasteiger partial charge in [0.25, 0.3) is 0 Å². The summed E-state index contributed by atoms with van der Waals surface area (Å²) in [6.07, 6.45) is 4.24. The summed E-state index contributed by atoms with van der Waals surface area (Å²) in [5.41, 5.74) is 4.48. The molecule has 1 nitrogen and oxygen atoms in total. The maximum absolute atomic E-state index is 6.45. The fraction of sp³-hybridized carbons (Fsp3) is 0. The number of fused-ring (bicyclic) bond motifs is 3. The van der Waals surface area contributed by atoms with Gasteiger partial charge in [-0.2, -0.15) is 0 Å². The van der Waals surface area contributed by atoms with Gasteiger partial charge in [0, 0.05) is 15.6 Å². The molecule has 2 heteroatoms. The van der Waals surface area contributed by atoms with Crippen LogP contribution < -0.4 is 4.74 Å². The van der Waals surface area contributed by atoms with Crippen molar-refractivity contribution in [2.45, 2.75) is 0 Å². The Kier molecular flexibility index (Phi) is 4.34. The lowest BCUT2D eigenvalue weighted by Gasteiger charge is -2.21. The molecule has 0 unspecified atom stereocenters. The van der Waals surface area contributed by atoms with Crippen molar-refractivity contribution >= 4 is 38.4 Å². The second-order valence-corrected chi connectivity index (χ2v) is 7.58. The zero-order chi connectivity index (χ0) is 18.9. The molecule has 5 rings (SSSR count). The van der Waals surface area contributed by atoms with E-state index in [0.29, 0.717) is 0 Å². The molecule has 0 atom stereocenters. The largest absolute Gasteiger partial charge is 0.456 e. The third-order valence-electron chi connectivity index (χ3n) is 4.99. The molecular weight excluding hydrogens is 408 g/mol. The van der Waals surface area contributed by atoms with Crippen LogP contribution in [0.25, 0.3) is 22.4 Å². The molecule has 0 amide bonds. The van der Waals surface area contributed by atoms with E-state index >= 15 is 0 Å². The Hall–Kier alpha value is -3.10. The number of ether oxygens (including phenoxy) is 1. The van der Waals surface area contributed by atoms with Crippen LogP contribution in [0, 0.1) is 0 Å². The van der Waals surface area contributed by atoms with Crippen LogP contribution >= 0.6 is 15.9 Å². The number of benzene rings is 4. The molecule has 0 aromatic heterocycles. The maximum Gasteiger partial charge on any atom is 0.136 e. The van der Waals surface area contributed by atoms with Gasteiger partial charge in [0.05, 0.1) is 0 Å². The van der Waals surface area contributed by atoms with E-state index in [9.17, 15) is 0 Å². The summed E-state index contributed by atoms with van der Waals surface area (Å²) in [6, 6.07) is 31.2. The molecule has 0 bridgehead atoms. The van der Waals surface area contributed by atoms with Gasteiger partial charge in [-0.15, -0.1) is 0 Å². The minimum Gasteiger partial charge on any atom is -0.456 e. The Labute approximate surface area is 172 Å². The minimum atomic E-state index is 0.854. The molecule has 28 heavy (non-hydrogen) atoms. The van der Waals surface area contributed by atoms with Crippen molar-refractivity contribution in [3.63, 3.8) is 0 Å². The third kappa shape index (κ3) is 2.96. The quantitative estimate of drug-likeness (QED) is 0.324. The second-order valence-electron chi connectivity index (χ2n) is 6.72. The van der Waals surface area contributed by atoms with E-state index < -0.39 is 0 Å². The molecule has 4 aromatic carbocycles. The van der Waals surface area contributed by atoms with Gasteiger partial charge in [-0.3, -0.25) is 0 Å². The highest BCUT2D eigenvalue weighted by molar-refractivity contribution is 9.10. The highest BCUT2D eigenvalue weighted by Crippen LogP contribution is 2.40. The fourth-order valence-electron chi connectivity index (χ4n) is 3.69. The SMILES string of the molecule is Brc1cc2c(c3ccccc13)C=CC(=C(c1ccccc1)c1ccccc1)O2. The standard InChI is InChI=1S/C26H17BrO/c27-23-17-25-22(20-13-7-8-14-21(20)23)15-16-24(28-25)26(18-9-3-1-4-10-18)19-11-5-2-6-12-19/h1-17H. The average molecular weight is 425 g/mol. The fourth-order valence-corrected chi connectivity index (χ4v) is 4.25. The molecular formula is C26H17BrO. The summed E-state index contributed by atoms with van der Waals surface area (Å²) in [6.45, 7) is 0. The first-order chi connectivity index (χ1) is 13.8. The van der Waals surface area contributed by atoms with Crippen LogP contribution in [0.4, 0.5) is 0 Å². The lowest BCUT2D eigenvalue weighted by Crippen LogP contribution is -2.04. The predicted octanol–water partition coefficient (Wildman–Crippen LogP) is 7.47. The van der Waals surface area contributed by atoms with E-state index in [2.05, 4.69) is 107 Å². The Morgan fingerprint density at radius 1 is 0.643 bits per heavy atom. The molecule has 1 heterocycles. The molecule has 0 N–H and O–H groups in total. The lowest BCUT2D eigenvalue weighted by molar-refractivity contribution is 0.443. The van der Waals surface area contributed by atoms with Crippen molar-refractivity contribution in [1.82, 2.24) is 0 Å². The first-order valence-corrected chi connectivity index (χ1v) is 10.0. The normalized spacial score (nSPS) is 12.5. The highest BCUT2D eigenvalue weighted by atomic mass is 79.9. The van der Waals surface area contributed by atoms with E-state index in [1.165, 1.54) is 10.8 Å². The van der Waals surface area contributed by atoms with Crippen LogP contribution in [0.3, 0.4) is 0 Å². The van der Waals surface area contributed by atoms with E-state index in [0.717, 1.165) is 38.2 Å². The van der Waals surface area contributed by atoms with Crippen LogP contribution in [-0.4, -0.2) is 0 Å². The molecule has 0 spiro atoms. The van der Waals surface area contributed by atoms with Gasteiger partial charge in [-0.1, -0.05) is 101 Å². The van der Waals surface area contributed by atoms with Crippen molar-refractivity contribution in [3.05, 3.63) is 124 Å². The van der Waals surface area contributed by atoms with E-state index in [1.54, 1.807) is 0 Å². The monoisotopic (exact) mass is 424 g/mol. The topological polar surface area (TPSA) is 9.23 Å². The summed E-state index contributed by atoms with van der Waals surface area (Å²) in [5, 5.41) is 2.37. The third-order valence-corrected chi connectivity index (χ3v) is 5.65. The Balaban J connectivity index is 1.73. The second kappa shape index (κ2) is 7.14. The van der Waals surface area contributed by atoms with Crippen LogP contribution in [-0.2, 0) is 0 Å². The van der Waals surface area contributed by atoms with Crippen molar-refractivity contribution < 1.29 is 4.74 Å². The van der Waals surface area contributed by atoms with Crippen molar-refractivity contribution in [3.8, 4) is 5.75 Å². The molecule has 1 aliphatic heterocycles. The number of halogens is 1. The Morgan fingerprint density at radius 2 is 1.21 bits per heavy atom. The molecule has 1 aliphatic rings. The summed E-state index contributed by atoms with van der Waals surface area (Å²) < 4.78 is 7.49.